The molecule has 1 N–H and O–H groups in total. The predicted octanol–water partition coefficient (Wildman–Crippen LogP) is 2.81. The first kappa shape index (κ1) is 14.9. The fourth-order valence-corrected chi connectivity index (χ4v) is 2.66. The summed E-state index contributed by atoms with van der Waals surface area (Å²) in [5, 5.41) is 14.4. The lowest BCUT2D eigenvalue weighted by Crippen LogP contribution is -2.37. The summed E-state index contributed by atoms with van der Waals surface area (Å²) < 4.78 is 5.50. The first-order valence-electron chi connectivity index (χ1n) is 7.13. The second-order valence-electron chi connectivity index (χ2n) is 5.47. The number of nitrogens with one attached hydrogen (secondary N) is 1. The van der Waals surface area contributed by atoms with Crippen LogP contribution < -0.4 is 5.32 Å². The van der Waals surface area contributed by atoms with Crippen LogP contribution in [0.25, 0.3) is 0 Å². The van der Waals surface area contributed by atoms with Gasteiger partial charge in [-0.1, -0.05) is 12.1 Å². The predicted molar refractivity (Wildman–Crippen MR) is 77.7 cm³/mol. The van der Waals surface area contributed by atoms with Crippen LogP contribution >= 0.6 is 0 Å². The third-order valence-electron chi connectivity index (χ3n) is 4.13. The van der Waals surface area contributed by atoms with Gasteiger partial charge < -0.3 is 10.1 Å². The standard InChI is InChI=1S/C15H22N2O3/c1-11-13(5-3-7-15(11)17(18)19)9-16-12(2)14-6-4-8-20-10-14/h3,5,7,12,14,16H,4,6,8-10H2,1-2H3/t12-,14+/m0/s1. The number of hydrogen-bond acceptors (Lipinski definition) is 4. The Labute approximate surface area is 119 Å². The van der Waals surface area contributed by atoms with Gasteiger partial charge in [0, 0.05) is 30.8 Å². The molecule has 20 heavy (non-hydrogen) atoms. The van der Waals surface area contributed by atoms with Crippen molar-refractivity contribution in [2.24, 2.45) is 5.92 Å². The molecule has 5 nitrogen and oxygen atoms in total. The minimum Gasteiger partial charge on any atom is -0.381 e. The van der Waals surface area contributed by atoms with E-state index >= 15 is 0 Å². The Morgan fingerprint density at radius 2 is 2.35 bits per heavy atom. The summed E-state index contributed by atoms with van der Waals surface area (Å²) in [7, 11) is 0. The molecule has 1 heterocycles. The Bertz CT molecular complexity index is 470. The van der Waals surface area contributed by atoms with E-state index in [1.165, 1.54) is 6.42 Å². The Balaban J connectivity index is 1.96. The van der Waals surface area contributed by atoms with Crippen LogP contribution in [0, 0.1) is 23.0 Å². The molecule has 0 bridgehead atoms. The van der Waals surface area contributed by atoms with Gasteiger partial charge in [0.15, 0.2) is 0 Å². The van der Waals surface area contributed by atoms with Gasteiger partial charge in [-0.15, -0.1) is 0 Å². The first-order chi connectivity index (χ1) is 9.59. The molecule has 0 unspecified atom stereocenters. The molecule has 1 aliphatic rings. The van der Waals surface area contributed by atoms with Crippen LogP contribution in [0.2, 0.25) is 0 Å². The summed E-state index contributed by atoms with van der Waals surface area (Å²) in [6.07, 6.45) is 2.30. The highest BCUT2D eigenvalue weighted by atomic mass is 16.6. The van der Waals surface area contributed by atoms with Crippen molar-refractivity contribution in [2.45, 2.75) is 39.3 Å². The number of benzene rings is 1. The highest BCUT2D eigenvalue weighted by Crippen LogP contribution is 2.22. The van der Waals surface area contributed by atoms with Crippen molar-refractivity contribution in [2.75, 3.05) is 13.2 Å². The largest absolute Gasteiger partial charge is 0.381 e. The molecule has 1 saturated heterocycles. The van der Waals surface area contributed by atoms with Gasteiger partial charge in [-0.3, -0.25) is 10.1 Å². The van der Waals surface area contributed by atoms with Crippen molar-refractivity contribution < 1.29 is 9.66 Å². The van der Waals surface area contributed by atoms with E-state index in [-0.39, 0.29) is 10.6 Å². The molecule has 0 aromatic heterocycles. The van der Waals surface area contributed by atoms with E-state index in [0.29, 0.717) is 18.5 Å². The van der Waals surface area contributed by atoms with Crippen molar-refractivity contribution in [1.82, 2.24) is 5.32 Å². The summed E-state index contributed by atoms with van der Waals surface area (Å²) >= 11 is 0. The molecule has 1 aromatic rings. The van der Waals surface area contributed by atoms with Crippen molar-refractivity contribution in [3.05, 3.63) is 39.4 Å². The molecule has 0 spiro atoms. The first-order valence-corrected chi connectivity index (χ1v) is 7.13. The normalized spacial score (nSPS) is 20.6. The number of rotatable bonds is 5. The van der Waals surface area contributed by atoms with Crippen LogP contribution in [0.15, 0.2) is 18.2 Å². The molecule has 2 atom stereocenters. The van der Waals surface area contributed by atoms with Crippen LogP contribution in [0.5, 0.6) is 0 Å². The number of nitro groups is 1. The number of nitrogens with zero attached hydrogens (tertiary/aromatic N) is 1. The smallest absolute Gasteiger partial charge is 0.272 e. The van der Waals surface area contributed by atoms with Crippen molar-refractivity contribution >= 4 is 5.69 Å². The van der Waals surface area contributed by atoms with Gasteiger partial charge in [0.05, 0.1) is 11.5 Å². The average Bonchev–Trinajstić information content (AvgIpc) is 2.46. The van der Waals surface area contributed by atoms with Crippen LogP contribution in [-0.4, -0.2) is 24.2 Å². The lowest BCUT2D eigenvalue weighted by atomic mass is 9.94. The van der Waals surface area contributed by atoms with E-state index in [1.54, 1.807) is 12.1 Å². The lowest BCUT2D eigenvalue weighted by molar-refractivity contribution is -0.385. The average molecular weight is 278 g/mol. The zero-order valence-electron chi connectivity index (χ0n) is 12.1. The maximum atomic E-state index is 10.9. The summed E-state index contributed by atoms with van der Waals surface area (Å²) in [6.45, 7) is 6.30. The van der Waals surface area contributed by atoms with Gasteiger partial charge in [0.1, 0.15) is 0 Å². The Morgan fingerprint density at radius 3 is 3.00 bits per heavy atom. The Morgan fingerprint density at radius 1 is 1.55 bits per heavy atom. The van der Waals surface area contributed by atoms with Crippen molar-refractivity contribution in [3.63, 3.8) is 0 Å². The molecule has 0 amide bonds. The summed E-state index contributed by atoms with van der Waals surface area (Å²) in [6, 6.07) is 5.60. The minimum absolute atomic E-state index is 0.193. The molecule has 1 aromatic carbocycles. The van der Waals surface area contributed by atoms with Crippen molar-refractivity contribution in [1.29, 1.82) is 0 Å². The molecule has 0 aliphatic carbocycles. The maximum Gasteiger partial charge on any atom is 0.272 e. The number of nitro benzene ring substituents is 1. The fraction of sp³-hybridized carbons (Fsp3) is 0.600. The summed E-state index contributed by atoms with van der Waals surface area (Å²) in [5.41, 5.74) is 1.93. The number of hydrogen-bond donors (Lipinski definition) is 1. The van der Waals surface area contributed by atoms with Gasteiger partial charge in [-0.25, -0.2) is 0 Å². The van der Waals surface area contributed by atoms with E-state index < -0.39 is 0 Å². The molecule has 5 heteroatoms. The lowest BCUT2D eigenvalue weighted by Gasteiger charge is -2.28. The van der Waals surface area contributed by atoms with Gasteiger partial charge in [0.2, 0.25) is 0 Å². The van der Waals surface area contributed by atoms with Gasteiger partial charge in [-0.2, -0.15) is 0 Å². The highest BCUT2D eigenvalue weighted by molar-refractivity contribution is 5.44. The van der Waals surface area contributed by atoms with E-state index in [0.717, 1.165) is 30.8 Å². The third kappa shape index (κ3) is 3.55. The summed E-state index contributed by atoms with van der Waals surface area (Å²) in [4.78, 5) is 10.6. The van der Waals surface area contributed by atoms with E-state index in [2.05, 4.69) is 12.2 Å². The van der Waals surface area contributed by atoms with Gasteiger partial charge in [0.25, 0.3) is 5.69 Å². The van der Waals surface area contributed by atoms with E-state index in [9.17, 15) is 10.1 Å². The van der Waals surface area contributed by atoms with Gasteiger partial charge >= 0.3 is 0 Å². The quantitative estimate of drug-likeness (QED) is 0.664. The van der Waals surface area contributed by atoms with Crippen molar-refractivity contribution in [3.8, 4) is 0 Å². The molecular formula is C15H22N2O3. The third-order valence-corrected chi connectivity index (χ3v) is 4.13. The van der Waals surface area contributed by atoms with Gasteiger partial charge in [-0.05, 0) is 38.2 Å². The zero-order chi connectivity index (χ0) is 14.5. The monoisotopic (exact) mass is 278 g/mol. The zero-order valence-corrected chi connectivity index (χ0v) is 12.1. The molecule has 0 saturated carbocycles. The Hall–Kier alpha value is -1.46. The molecule has 110 valence electrons. The van der Waals surface area contributed by atoms with Crippen LogP contribution in [0.3, 0.4) is 0 Å². The maximum absolute atomic E-state index is 10.9. The van der Waals surface area contributed by atoms with Crippen LogP contribution in [-0.2, 0) is 11.3 Å². The van der Waals surface area contributed by atoms with E-state index in [1.807, 2.05) is 13.0 Å². The molecule has 1 fully saturated rings. The molecular weight excluding hydrogens is 256 g/mol. The second kappa shape index (κ2) is 6.81. The molecule has 2 rings (SSSR count). The molecule has 1 aliphatic heterocycles. The van der Waals surface area contributed by atoms with Crippen LogP contribution in [0.1, 0.15) is 30.9 Å². The second-order valence-corrected chi connectivity index (χ2v) is 5.47. The number of ether oxygens (including phenoxy) is 1. The summed E-state index contributed by atoms with van der Waals surface area (Å²) in [5.74, 6) is 0.530. The fourth-order valence-electron chi connectivity index (χ4n) is 2.66. The molecule has 0 radical (unpaired) electrons. The minimum atomic E-state index is -0.322. The Kier molecular flexibility index (Phi) is 5.09. The SMILES string of the molecule is Cc1c(CN[C@@H](C)[C@@H]2CCCOC2)cccc1[N+](=O)[O-]. The highest BCUT2D eigenvalue weighted by Gasteiger charge is 2.21. The van der Waals surface area contributed by atoms with Crippen LogP contribution in [0.4, 0.5) is 5.69 Å². The topological polar surface area (TPSA) is 64.4 Å². The van der Waals surface area contributed by atoms with E-state index in [4.69, 9.17) is 4.74 Å².